The van der Waals surface area contributed by atoms with E-state index >= 15 is 0 Å². The molecular formula is C28H23ClN2O6S. The molecule has 2 heterocycles. The number of imide groups is 1. The Morgan fingerprint density at radius 2 is 1.50 bits per heavy atom. The molecule has 0 unspecified atom stereocenters. The van der Waals surface area contributed by atoms with Crippen LogP contribution in [0.1, 0.15) is 56.1 Å². The van der Waals surface area contributed by atoms with Crippen LogP contribution in [0, 0.1) is 11.8 Å². The van der Waals surface area contributed by atoms with E-state index in [4.69, 9.17) is 16.3 Å². The number of fused-ring (bicyclic) bond motifs is 1. The molecule has 1 aromatic heterocycles. The largest absolute Gasteiger partial charge is 0.422 e. The number of Topliss-reactive ketones (excluding diaryl/α,β-unsaturated/α-hetero) is 1. The van der Waals surface area contributed by atoms with E-state index in [1.54, 1.807) is 17.5 Å². The highest BCUT2D eigenvalue weighted by atomic mass is 35.5. The number of rotatable bonds is 7. The standard InChI is InChI=1S/C28H23ClN2O6S/c29-19-11-7-18(8-12-19)25(33)30(31-26(34)21-4-1-2-5-22(21)27(31)35)16-23(32)17-9-13-20(14-10-17)37-28(36)24-6-3-15-38-24/h3,6-15,21-22H,1-2,4-5,16H2/t21-,22-/m1/s1. The van der Waals surface area contributed by atoms with Gasteiger partial charge >= 0.3 is 5.97 Å². The summed E-state index contributed by atoms with van der Waals surface area (Å²) in [5.41, 5.74) is 0.417. The van der Waals surface area contributed by atoms with E-state index in [2.05, 4.69) is 0 Å². The van der Waals surface area contributed by atoms with Crippen LogP contribution in [-0.2, 0) is 9.59 Å². The first kappa shape index (κ1) is 25.8. The number of hydrazine groups is 1. The monoisotopic (exact) mass is 550 g/mol. The van der Waals surface area contributed by atoms with E-state index in [0.717, 1.165) is 22.9 Å². The van der Waals surface area contributed by atoms with Crippen LogP contribution in [0.3, 0.4) is 0 Å². The fraction of sp³-hybridized carbons (Fsp3) is 0.250. The topological polar surface area (TPSA) is 101 Å². The van der Waals surface area contributed by atoms with Gasteiger partial charge in [-0.2, -0.15) is 5.01 Å². The van der Waals surface area contributed by atoms with E-state index in [1.807, 2.05) is 0 Å². The van der Waals surface area contributed by atoms with Crippen molar-refractivity contribution in [3.05, 3.63) is 87.1 Å². The molecule has 194 valence electrons. The third kappa shape index (κ3) is 5.12. The third-order valence-corrected chi connectivity index (χ3v) is 7.89. The molecule has 1 aliphatic carbocycles. The number of halogens is 1. The van der Waals surface area contributed by atoms with Crippen LogP contribution >= 0.6 is 22.9 Å². The van der Waals surface area contributed by atoms with Gasteiger partial charge in [0, 0.05) is 16.1 Å². The van der Waals surface area contributed by atoms with Crippen molar-refractivity contribution >= 4 is 52.4 Å². The third-order valence-electron chi connectivity index (χ3n) is 6.79. The Hall–Kier alpha value is -3.82. The Morgan fingerprint density at radius 3 is 2.08 bits per heavy atom. The van der Waals surface area contributed by atoms with Gasteiger partial charge in [0.05, 0.1) is 11.8 Å². The minimum absolute atomic E-state index is 0.188. The molecule has 0 spiro atoms. The SMILES string of the molecule is O=C(CN(C(=O)c1ccc(Cl)cc1)N1C(=O)[C@@H]2CCCC[C@H]2C1=O)c1ccc(OC(=O)c2cccs2)cc1. The van der Waals surface area contributed by atoms with Gasteiger partial charge in [0.15, 0.2) is 5.78 Å². The van der Waals surface area contributed by atoms with Crippen molar-refractivity contribution < 1.29 is 28.7 Å². The summed E-state index contributed by atoms with van der Waals surface area (Å²) in [5, 5.41) is 4.00. The second-order valence-corrected chi connectivity index (χ2v) is 10.6. The molecule has 0 radical (unpaired) electrons. The van der Waals surface area contributed by atoms with Crippen molar-refractivity contribution in [3.8, 4) is 5.75 Å². The van der Waals surface area contributed by atoms with Crippen molar-refractivity contribution in [2.24, 2.45) is 11.8 Å². The molecule has 10 heteroatoms. The molecule has 2 atom stereocenters. The fourth-order valence-electron chi connectivity index (χ4n) is 4.85. The Kier molecular flexibility index (Phi) is 7.40. The minimum Gasteiger partial charge on any atom is -0.422 e. The molecular weight excluding hydrogens is 528 g/mol. The van der Waals surface area contributed by atoms with Gasteiger partial charge in [0.1, 0.15) is 17.2 Å². The summed E-state index contributed by atoms with van der Waals surface area (Å²) in [7, 11) is 0. The second kappa shape index (κ2) is 10.9. The average molecular weight is 551 g/mol. The van der Waals surface area contributed by atoms with Gasteiger partial charge in [-0.25, -0.2) is 9.80 Å². The summed E-state index contributed by atoms with van der Waals surface area (Å²) in [4.78, 5) is 66.0. The molecule has 2 fully saturated rings. The Balaban J connectivity index is 1.38. The summed E-state index contributed by atoms with van der Waals surface area (Å²) in [6.45, 7) is -0.521. The Labute approximate surface area is 227 Å². The number of amides is 3. The van der Waals surface area contributed by atoms with Gasteiger partial charge in [0.25, 0.3) is 17.7 Å². The minimum atomic E-state index is -0.656. The molecule has 0 N–H and O–H groups in total. The zero-order valence-corrected chi connectivity index (χ0v) is 21.7. The van der Waals surface area contributed by atoms with Gasteiger partial charge in [-0.3, -0.25) is 19.2 Å². The van der Waals surface area contributed by atoms with E-state index in [9.17, 15) is 24.0 Å². The number of thiophene rings is 1. The summed E-state index contributed by atoms with van der Waals surface area (Å²) >= 11 is 7.21. The maximum Gasteiger partial charge on any atom is 0.353 e. The number of esters is 1. The quantitative estimate of drug-likeness (QED) is 0.177. The molecule has 1 saturated carbocycles. The van der Waals surface area contributed by atoms with Crippen molar-refractivity contribution in [1.82, 2.24) is 10.0 Å². The van der Waals surface area contributed by atoms with Crippen molar-refractivity contribution in [3.63, 3.8) is 0 Å². The fourth-order valence-corrected chi connectivity index (χ4v) is 5.57. The van der Waals surface area contributed by atoms with Crippen LogP contribution in [0.15, 0.2) is 66.0 Å². The molecule has 8 nitrogen and oxygen atoms in total. The summed E-state index contributed by atoms with van der Waals surface area (Å²) in [6.07, 6.45) is 2.83. The maximum atomic E-state index is 13.5. The van der Waals surface area contributed by atoms with Crippen LogP contribution < -0.4 is 4.74 Å². The zero-order valence-electron chi connectivity index (χ0n) is 20.2. The Morgan fingerprint density at radius 1 is 0.895 bits per heavy atom. The lowest BCUT2D eigenvalue weighted by atomic mass is 9.81. The van der Waals surface area contributed by atoms with Crippen LogP contribution in [-0.4, -0.2) is 46.0 Å². The van der Waals surface area contributed by atoms with Crippen LogP contribution in [0.4, 0.5) is 0 Å². The number of hydrogen-bond acceptors (Lipinski definition) is 7. The predicted octanol–water partition coefficient (Wildman–Crippen LogP) is 5.04. The molecule has 2 aromatic carbocycles. The molecule has 0 bridgehead atoms. The lowest BCUT2D eigenvalue weighted by molar-refractivity contribution is -0.154. The molecule has 1 aliphatic heterocycles. The number of benzene rings is 2. The number of carbonyl (C=O) groups is 5. The summed E-state index contributed by atoms with van der Waals surface area (Å²) in [5.74, 6) is -3.27. The predicted molar refractivity (Wildman–Crippen MR) is 140 cm³/mol. The molecule has 3 amide bonds. The lowest BCUT2D eigenvalue weighted by Gasteiger charge is -2.30. The zero-order chi connectivity index (χ0) is 26.8. The van der Waals surface area contributed by atoms with Crippen molar-refractivity contribution in [2.45, 2.75) is 25.7 Å². The van der Waals surface area contributed by atoms with Gasteiger partial charge in [-0.15, -0.1) is 11.3 Å². The van der Waals surface area contributed by atoms with E-state index in [1.165, 1.54) is 59.9 Å². The van der Waals surface area contributed by atoms with Gasteiger partial charge < -0.3 is 4.74 Å². The number of nitrogens with zero attached hydrogens (tertiary/aromatic N) is 2. The molecule has 5 rings (SSSR count). The van der Waals surface area contributed by atoms with Gasteiger partial charge in [-0.1, -0.05) is 30.5 Å². The highest BCUT2D eigenvalue weighted by Crippen LogP contribution is 2.39. The molecule has 38 heavy (non-hydrogen) atoms. The maximum absolute atomic E-state index is 13.5. The van der Waals surface area contributed by atoms with Crippen molar-refractivity contribution in [1.29, 1.82) is 0 Å². The van der Waals surface area contributed by atoms with Crippen LogP contribution in [0.5, 0.6) is 5.75 Å². The van der Waals surface area contributed by atoms with Crippen LogP contribution in [0.25, 0.3) is 0 Å². The summed E-state index contributed by atoms with van der Waals surface area (Å²) < 4.78 is 5.33. The highest BCUT2D eigenvalue weighted by molar-refractivity contribution is 7.12. The van der Waals surface area contributed by atoms with E-state index in [0.29, 0.717) is 22.7 Å². The average Bonchev–Trinajstić information content (AvgIpc) is 3.56. The van der Waals surface area contributed by atoms with Crippen molar-refractivity contribution in [2.75, 3.05) is 6.54 Å². The van der Waals surface area contributed by atoms with Crippen LogP contribution in [0.2, 0.25) is 5.02 Å². The molecule has 3 aromatic rings. The Bertz CT molecular complexity index is 1360. The lowest BCUT2D eigenvalue weighted by Crippen LogP contribution is -2.52. The smallest absolute Gasteiger partial charge is 0.353 e. The molecule has 2 aliphatic rings. The summed E-state index contributed by atoms with van der Waals surface area (Å²) in [6, 6.07) is 15.3. The molecule has 1 saturated heterocycles. The van der Waals surface area contributed by atoms with Gasteiger partial charge in [-0.05, 0) is 72.8 Å². The number of ketones is 1. The number of carbonyl (C=O) groups excluding carboxylic acids is 5. The van der Waals surface area contributed by atoms with Gasteiger partial charge in [0.2, 0.25) is 0 Å². The number of hydrogen-bond donors (Lipinski definition) is 0. The normalized spacial score (nSPS) is 18.7. The second-order valence-electron chi connectivity index (χ2n) is 9.17. The highest BCUT2D eigenvalue weighted by Gasteiger charge is 2.51. The van der Waals surface area contributed by atoms with E-state index in [-0.39, 0.29) is 16.9 Å². The first-order valence-corrected chi connectivity index (χ1v) is 13.4. The van der Waals surface area contributed by atoms with E-state index < -0.39 is 47.9 Å². The number of ether oxygens (including phenoxy) is 1. The first-order chi connectivity index (χ1) is 18.3. The first-order valence-electron chi connectivity index (χ1n) is 12.2.